The summed E-state index contributed by atoms with van der Waals surface area (Å²) in [5.41, 5.74) is 7.60. The number of hydrogen-bond acceptors (Lipinski definition) is 3. The van der Waals surface area contributed by atoms with Crippen molar-refractivity contribution in [3.8, 4) is 6.07 Å². The lowest BCUT2D eigenvalue weighted by Crippen LogP contribution is -2.03. The first kappa shape index (κ1) is 10.3. The second-order valence-corrected chi connectivity index (χ2v) is 2.88. The van der Waals surface area contributed by atoms with E-state index in [0.29, 0.717) is 11.3 Å². The second-order valence-electron chi connectivity index (χ2n) is 2.88. The number of benzene rings is 1. The van der Waals surface area contributed by atoms with Crippen LogP contribution in [0.2, 0.25) is 0 Å². The Kier molecular flexibility index (Phi) is 3.71. The van der Waals surface area contributed by atoms with E-state index in [1.807, 2.05) is 31.3 Å². The molecule has 0 fully saturated rings. The predicted octanol–water partition coefficient (Wildman–Crippen LogP) is 1.37. The predicted molar refractivity (Wildman–Crippen MR) is 58.5 cm³/mol. The molecule has 3 nitrogen and oxygen atoms in total. The van der Waals surface area contributed by atoms with Gasteiger partial charge < -0.3 is 11.1 Å². The molecule has 0 aliphatic rings. The van der Waals surface area contributed by atoms with Crippen LogP contribution in [0.15, 0.2) is 24.3 Å². The molecule has 0 bridgehead atoms. The lowest BCUT2D eigenvalue weighted by Gasteiger charge is -2.00. The summed E-state index contributed by atoms with van der Waals surface area (Å²) in [4.78, 5) is 0. The van der Waals surface area contributed by atoms with E-state index in [9.17, 15) is 0 Å². The van der Waals surface area contributed by atoms with E-state index in [-0.39, 0.29) is 0 Å². The van der Waals surface area contributed by atoms with E-state index in [4.69, 9.17) is 11.0 Å². The van der Waals surface area contributed by atoms with Gasteiger partial charge in [-0.05, 0) is 18.7 Å². The maximum Gasteiger partial charge on any atom is 0.102 e. The third-order valence-corrected chi connectivity index (χ3v) is 1.86. The van der Waals surface area contributed by atoms with Crippen molar-refractivity contribution in [1.29, 1.82) is 5.26 Å². The molecule has 0 aromatic heterocycles. The van der Waals surface area contributed by atoms with Gasteiger partial charge in [-0.2, -0.15) is 5.26 Å². The number of anilines is 1. The Morgan fingerprint density at radius 3 is 3.00 bits per heavy atom. The summed E-state index contributed by atoms with van der Waals surface area (Å²) >= 11 is 0. The van der Waals surface area contributed by atoms with Gasteiger partial charge in [0.05, 0.1) is 11.3 Å². The smallest absolute Gasteiger partial charge is 0.102 e. The minimum atomic E-state index is 0.527. The van der Waals surface area contributed by atoms with Crippen LogP contribution in [0.25, 0.3) is 6.08 Å². The van der Waals surface area contributed by atoms with Crippen molar-refractivity contribution in [3.63, 3.8) is 0 Å². The minimum absolute atomic E-state index is 0.527. The summed E-state index contributed by atoms with van der Waals surface area (Å²) in [5.74, 6) is 0. The topological polar surface area (TPSA) is 61.8 Å². The van der Waals surface area contributed by atoms with Crippen LogP contribution in [0.4, 0.5) is 5.69 Å². The van der Waals surface area contributed by atoms with Gasteiger partial charge in [0.25, 0.3) is 0 Å². The van der Waals surface area contributed by atoms with E-state index in [1.54, 1.807) is 6.07 Å². The van der Waals surface area contributed by atoms with E-state index < -0.39 is 0 Å². The number of hydrogen-bond donors (Lipinski definition) is 2. The normalized spacial score (nSPS) is 10.3. The van der Waals surface area contributed by atoms with Crippen molar-refractivity contribution < 1.29 is 0 Å². The van der Waals surface area contributed by atoms with Crippen LogP contribution < -0.4 is 11.1 Å². The zero-order chi connectivity index (χ0) is 10.4. The van der Waals surface area contributed by atoms with Gasteiger partial charge in [0.1, 0.15) is 6.07 Å². The van der Waals surface area contributed by atoms with Gasteiger partial charge in [0.2, 0.25) is 0 Å². The Balaban J connectivity index is 2.98. The quantitative estimate of drug-likeness (QED) is 0.702. The summed E-state index contributed by atoms with van der Waals surface area (Å²) < 4.78 is 0. The highest BCUT2D eigenvalue weighted by atomic mass is 14.8. The lowest BCUT2D eigenvalue weighted by atomic mass is 10.1. The van der Waals surface area contributed by atoms with Crippen LogP contribution >= 0.6 is 0 Å². The Bertz CT molecular complexity index is 375. The average molecular weight is 187 g/mol. The third kappa shape index (κ3) is 2.35. The van der Waals surface area contributed by atoms with Gasteiger partial charge in [-0.1, -0.05) is 24.3 Å². The number of nitrogens with two attached hydrogens (primary N) is 1. The number of rotatable bonds is 3. The Hall–Kier alpha value is -1.79. The molecule has 0 saturated carbocycles. The fraction of sp³-hybridized carbons (Fsp3) is 0.182. The highest BCUT2D eigenvalue weighted by Gasteiger charge is 2.01. The van der Waals surface area contributed by atoms with Gasteiger partial charge in [-0.15, -0.1) is 0 Å². The van der Waals surface area contributed by atoms with Gasteiger partial charge in [-0.25, -0.2) is 0 Å². The zero-order valence-electron chi connectivity index (χ0n) is 8.12. The molecule has 0 spiro atoms. The van der Waals surface area contributed by atoms with E-state index in [0.717, 1.165) is 12.1 Å². The second kappa shape index (κ2) is 5.05. The Morgan fingerprint density at radius 1 is 1.57 bits per heavy atom. The summed E-state index contributed by atoms with van der Waals surface area (Å²) in [6, 6.07) is 7.54. The van der Waals surface area contributed by atoms with Crippen molar-refractivity contribution in [2.24, 2.45) is 0 Å². The van der Waals surface area contributed by atoms with Crippen molar-refractivity contribution in [2.75, 3.05) is 19.3 Å². The van der Waals surface area contributed by atoms with Crippen LogP contribution in [-0.2, 0) is 0 Å². The number of nitriles is 1. The SMILES string of the molecule is CNCC=Cc1cccc(N)c1C#N. The van der Waals surface area contributed by atoms with Crippen LogP contribution in [-0.4, -0.2) is 13.6 Å². The maximum atomic E-state index is 8.88. The van der Waals surface area contributed by atoms with Gasteiger partial charge in [0.15, 0.2) is 0 Å². The summed E-state index contributed by atoms with van der Waals surface area (Å²) in [7, 11) is 1.87. The first-order chi connectivity index (χ1) is 6.79. The molecular formula is C11H13N3. The van der Waals surface area contributed by atoms with E-state index in [1.165, 1.54) is 0 Å². The molecule has 0 heterocycles. The molecule has 0 aliphatic carbocycles. The van der Waals surface area contributed by atoms with Gasteiger partial charge in [0, 0.05) is 6.54 Å². The van der Waals surface area contributed by atoms with Crippen molar-refractivity contribution >= 4 is 11.8 Å². The molecule has 0 aliphatic heterocycles. The molecule has 0 radical (unpaired) electrons. The molecule has 72 valence electrons. The molecule has 0 unspecified atom stereocenters. The van der Waals surface area contributed by atoms with Crippen LogP contribution in [0, 0.1) is 11.3 Å². The monoisotopic (exact) mass is 187 g/mol. The molecular weight excluding hydrogens is 174 g/mol. The number of likely N-dealkylation sites (N-methyl/N-ethyl adjacent to an activating group) is 1. The van der Waals surface area contributed by atoms with E-state index in [2.05, 4.69) is 11.4 Å². The molecule has 0 saturated heterocycles. The van der Waals surface area contributed by atoms with Crippen LogP contribution in [0.1, 0.15) is 11.1 Å². The van der Waals surface area contributed by atoms with Crippen LogP contribution in [0.3, 0.4) is 0 Å². The number of nitrogens with zero attached hydrogens (tertiary/aromatic N) is 1. The highest BCUT2D eigenvalue weighted by Crippen LogP contribution is 2.16. The fourth-order valence-electron chi connectivity index (χ4n) is 1.16. The molecule has 1 aromatic carbocycles. The van der Waals surface area contributed by atoms with Crippen molar-refractivity contribution in [2.45, 2.75) is 0 Å². The summed E-state index contributed by atoms with van der Waals surface area (Å²) in [6.45, 7) is 0.777. The summed E-state index contributed by atoms with van der Waals surface area (Å²) in [6.07, 6.45) is 3.85. The molecule has 1 aromatic rings. The highest BCUT2D eigenvalue weighted by molar-refractivity contribution is 5.67. The maximum absolute atomic E-state index is 8.88. The standard InChI is InChI=1S/C11H13N3/c1-14-7-3-5-9-4-2-6-11(13)10(9)8-12/h2-6,14H,7,13H2,1H3. The first-order valence-electron chi connectivity index (χ1n) is 4.39. The van der Waals surface area contributed by atoms with Crippen LogP contribution in [0.5, 0.6) is 0 Å². The van der Waals surface area contributed by atoms with E-state index >= 15 is 0 Å². The van der Waals surface area contributed by atoms with Gasteiger partial charge >= 0.3 is 0 Å². The molecule has 1 rings (SSSR count). The minimum Gasteiger partial charge on any atom is -0.398 e. The number of nitrogen functional groups attached to an aromatic ring is 1. The fourth-order valence-corrected chi connectivity index (χ4v) is 1.16. The Morgan fingerprint density at radius 2 is 2.36 bits per heavy atom. The molecule has 14 heavy (non-hydrogen) atoms. The van der Waals surface area contributed by atoms with Crippen molar-refractivity contribution in [1.82, 2.24) is 5.32 Å². The zero-order valence-corrected chi connectivity index (χ0v) is 8.12. The molecule has 0 atom stereocenters. The molecule has 0 amide bonds. The van der Waals surface area contributed by atoms with Gasteiger partial charge in [-0.3, -0.25) is 0 Å². The molecule has 3 N–H and O–H groups in total. The average Bonchev–Trinajstić information content (AvgIpc) is 2.18. The first-order valence-corrected chi connectivity index (χ1v) is 4.39. The number of nitrogens with one attached hydrogen (secondary N) is 1. The lowest BCUT2D eigenvalue weighted by molar-refractivity contribution is 0.922. The largest absolute Gasteiger partial charge is 0.398 e. The molecule has 3 heteroatoms. The van der Waals surface area contributed by atoms with Crippen molar-refractivity contribution in [3.05, 3.63) is 35.4 Å². The third-order valence-electron chi connectivity index (χ3n) is 1.86. The Labute approximate surface area is 83.8 Å². The summed E-state index contributed by atoms with van der Waals surface area (Å²) in [5, 5.41) is 11.9.